The Morgan fingerprint density at radius 3 is 2.94 bits per heavy atom. The van der Waals surface area contributed by atoms with Gasteiger partial charge in [0.25, 0.3) is 0 Å². The van der Waals surface area contributed by atoms with Crippen molar-refractivity contribution in [2.75, 3.05) is 32.5 Å². The second-order valence-corrected chi connectivity index (χ2v) is 9.80. The molecule has 0 bridgehead atoms. The molecule has 4 atom stereocenters. The smallest absolute Gasteiger partial charge is 0.461 e. The Kier molecular flexibility index (Phi) is 7.40. The second-order valence-electron chi connectivity index (χ2n) is 8.77. The van der Waals surface area contributed by atoms with Gasteiger partial charge in [0.1, 0.15) is 42.8 Å². The number of carbonyl (C=O) groups is 1. The molecule has 2 aliphatic rings. The van der Waals surface area contributed by atoms with E-state index < -0.39 is 31.9 Å². The number of esters is 1. The fourth-order valence-electron chi connectivity index (χ4n) is 4.18. The predicted molar refractivity (Wildman–Crippen MR) is 122 cm³/mol. The number of rotatable bonds is 8. The molecule has 1 unspecified atom stereocenters. The zero-order chi connectivity index (χ0) is 24.3. The van der Waals surface area contributed by atoms with Gasteiger partial charge in [0.05, 0.1) is 5.69 Å². The van der Waals surface area contributed by atoms with Gasteiger partial charge in [-0.2, -0.15) is 10.4 Å². The van der Waals surface area contributed by atoms with Crippen LogP contribution in [0, 0.1) is 11.3 Å². The maximum Gasteiger partial charge on any atom is 0.613 e. The van der Waals surface area contributed by atoms with E-state index in [1.807, 2.05) is 13.1 Å². The number of nitrogens with zero attached hydrogens (tertiary/aromatic N) is 5. The van der Waals surface area contributed by atoms with E-state index in [1.54, 1.807) is 17.5 Å². The third-order valence-electron chi connectivity index (χ3n) is 6.24. The molecule has 0 aliphatic carbocycles. The number of ether oxygens (including phenoxy) is 2. The van der Waals surface area contributed by atoms with E-state index in [4.69, 9.17) is 19.7 Å². The Hall–Kier alpha value is -2.68. The first-order chi connectivity index (χ1) is 16.3. The Morgan fingerprint density at radius 1 is 1.44 bits per heavy atom. The van der Waals surface area contributed by atoms with Crippen molar-refractivity contribution >= 4 is 25.5 Å². The van der Waals surface area contributed by atoms with E-state index in [0.29, 0.717) is 24.2 Å². The molecular weight excluding hydrogens is 461 g/mol. The lowest BCUT2D eigenvalue weighted by molar-refractivity contribution is -0.152. The number of likely N-dealkylation sites (tertiary alicyclic amines) is 1. The fraction of sp³-hybridized carbons (Fsp3) is 0.619. The molecule has 0 amide bonds. The summed E-state index contributed by atoms with van der Waals surface area (Å²) in [5, 5.41) is 16.6. The van der Waals surface area contributed by atoms with Crippen molar-refractivity contribution in [3.63, 3.8) is 0 Å². The molecule has 2 aromatic heterocycles. The third kappa shape index (κ3) is 5.35. The summed E-state index contributed by atoms with van der Waals surface area (Å²) in [4.78, 5) is 18.5. The monoisotopic (exact) mass is 490 g/mol. The molecule has 34 heavy (non-hydrogen) atoms. The minimum Gasteiger partial charge on any atom is -0.461 e. The van der Waals surface area contributed by atoms with Gasteiger partial charge in [-0.1, -0.05) is 5.09 Å². The van der Waals surface area contributed by atoms with Gasteiger partial charge < -0.3 is 20.1 Å². The van der Waals surface area contributed by atoms with Crippen molar-refractivity contribution in [2.45, 2.75) is 56.5 Å². The van der Waals surface area contributed by atoms with Crippen LogP contribution in [0.25, 0.3) is 5.52 Å². The first-order valence-corrected chi connectivity index (χ1v) is 12.4. The van der Waals surface area contributed by atoms with E-state index in [2.05, 4.69) is 26.1 Å². The van der Waals surface area contributed by atoms with Gasteiger partial charge in [0, 0.05) is 13.1 Å². The number of aromatic nitrogens is 3. The number of hydrogen-bond acceptors (Lipinski definition) is 10. The maximum atomic E-state index is 12.4. The SMILES string of the molecule is C[C@H](N[P+](=O)OC[C@]1(C#N)CC[C@H](c2ccc3c(N)ncnn23)O1)C(=O)OC1CCN(C)CC1. The highest BCUT2D eigenvalue weighted by Gasteiger charge is 2.45. The maximum absolute atomic E-state index is 12.4. The van der Waals surface area contributed by atoms with Crippen LogP contribution in [0.2, 0.25) is 0 Å². The second kappa shape index (κ2) is 10.3. The minimum absolute atomic E-state index is 0.136. The number of nitriles is 1. The van der Waals surface area contributed by atoms with E-state index in [1.165, 1.54) is 6.33 Å². The molecule has 4 rings (SSSR count). The lowest BCUT2D eigenvalue weighted by Crippen LogP contribution is -2.39. The van der Waals surface area contributed by atoms with Crippen molar-refractivity contribution in [1.82, 2.24) is 24.6 Å². The van der Waals surface area contributed by atoms with Crippen molar-refractivity contribution in [2.24, 2.45) is 0 Å². The first-order valence-electron chi connectivity index (χ1n) is 11.2. The van der Waals surface area contributed by atoms with Crippen LogP contribution in [-0.4, -0.2) is 70.0 Å². The number of fused-ring (bicyclic) bond motifs is 1. The van der Waals surface area contributed by atoms with Crippen LogP contribution in [0.3, 0.4) is 0 Å². The van der Waals surface area contributed by atoms with E-state index >= 15 is 0 Å². The molecule has 4 heterocycles. The summed E-state index contributed by atoms with van der Waals surface area (Å²) in [6, 6.07) is 4.97. The molecular formula is C21H29N7O5P+. The summed E-state index contributed by atoms with van der Waals surface area (Å²) >= 11 is 0. The summed E-state index contributed by atoms with van der Waals surface area (Å²) < 4.78 is 31.0. The Morgan fingerprint density at radius 2 is 2.21 bits per heavy atom. The molecule has 0 radical (unpaired) electrons. The van der Waals surface area contributed by atoms with Gasteiger partial charge in [-0.3, -0.25) is 4.79 Å². The van der Waals surface area contributed by atoms with Crippen LogP contribution in [0.4, 0.5) is 5.82 Å². The molecule has 0 saturated carbocycles. The van der Waals surface area contributed by atoms with Crippen molar-refractivity contribution in [1.29, 1.82) is 5.26 Å². The highest BCUT2D eigenvalue weighted by Crippen LogP contribution is 2.41. The van der Waals surface area contributed by atoms with Gasteiger partial charge in [-0.15, -0.1) is 4.52 Å². The summed E-state index contributed by atoms with van der Waals surface area (Å²) in [7, 11) is -0.383. The van der Waals surface area contributed by atoms with Crippen molar-refractivity contribution in [3.05, 3.63) is 24.2 Å². The summed E-state index contributed by atoms with van der Waals surface area (Å²) in [6.07, 6.45) is 3.30. The molecule has 2 aliphatic heterocycles. The average molecular weight is 490 g/mol. The number of nitrogens with one attached hydrogen (secondary N) is 1. The molecule has 13 heteroatoms. The molecule has 2 fully saturated rings. The average Bonchev–Trinajstić information content (AvgIpc) is 3.45. The van der Waals surface area contributed by atoms with Crippen LogP contribution in [0.5, 0.6) is 0 Å². The Bertz CT molecular complexity index is 1100. The standard InChI is InChI=1S/C21H29N7O5P/c1-14(20(29)32-15-6-9-27(2)10-7-15)26-34(30)31-12-21(11-22)8-5-18(33-21)16-3-4-17-19(23)24-13-25-28(16)17/h3-4,13-15,18H,5-10,12H2,1-2H3,(H,26,30)(H2,23,24,25)/q+1/t14-,18+,21+/m0/s1. The highest BCUT2D eigenvalue weighted by atomic mass is 31.1. The normalized spacial score (nSPS) is 25.2. The van der Waals surface area contributed by atoms with E-state index in [-0.39, 0.29) is 12.7 Å². The number of hydrogen-bond donors (Lipinski definition) is 2. The minimum atomic E-state index is -2.41. The zero-order valence-corrected chi connectivity index (χ0v) is 20.1. The quantitative estimate of drug-likeness (QED) is 0.410. The Balaban J connectivity index is 1.29. The fourth-order valence-corrected chi connectivity index (χ4v) is 5.00. The predicted octanol–water partition coefficient (Wildman–Crippen LogP) is 1.71. The molecule has 12 nitrogen and oxygen atoms in total. The first kappa shape index (κ1) is 24.4. The lowest BCUT2D eigenvalue weighted by Gasteiger charge is -2.29. The number of carbonyl (C=O) groups excluding carboxylic acids is 1. The van der Waals surface area contributed by atoms with Gasteiger partial charge in [0.15, 0.2) is 11.4 Å². The zero-order valence-electron chi connectivity index (χ0n) is 19.2. The lowest BCUT2D eigenvalue weighted by atomic mass is 10.0. The topological polar surface area (TPSA) is 157 Å². The highest BCUT2D eigenvalue weighted by molar-refractivity contribution is 7.36. The molecule has 2 aromatic rings. The van der Waals surface area contributed by atoms with E-state index in [0.717, 1.165) is 31.6 Å². The molecule has 2 saturated heterocycles. The van der Waals surface area contributed by atoms with Crippen LogP contribution >= 0.6 is 8.18 Å². The van der Waals surface area contributed by atoms with Gasteiger partial charge in [-0.05, 0) is 56.4 Å². The third-order valence-corrected chi connectivity index (χ3v) is 7.20. The van der Waals surface area contributed by atoms with Crippen LogP contribution in [-0.2, 0) is 23.4 Å². The van der Waals surface area contributed by atoms with Gasteiger partial charge in [0.2, 0.25) is 0 Å². The summed E-state index contributed by atoms with van der Waals surface area (Å²) in [6.45, 7) is 3.10. The number of nitrogens with two attached hydrogens (primary N) is 1. The largest absolute Gasteiger partial charge is 0.613 e. The summed E-state index contributed by atoms with van der Waals surface area (Å²) in [5.41, 5.74) is 6.02. The van der Waals surface area contributed by atoms with Gasteiger partial charge >= 0.3 is 14.1 Å². The van der Waals surface area contributed by atoms with Gasteiger partial charge in [-0.25, -0.2) is 9.50 Å². The molecule has 0 spiro atoms. The van der Waals surface area contributed by atoms with Crippen LogP contribution in [0.15, 0.2) is 18.5 Å². The van der Waals surface area contributed by atoms with Crippen molar-refractivity contribution < 1.29 is 23.4 Å². The Labute approximate surface area is 198 Å². The number of piperidine rings is 1. The molecule has 0 aromatic carbocycles. The number of nitrogen functional groups attached to an aromatic ring is 1. The van der Waals surface area contributed by atoms with Crippen LogP contribution < -0.4 is 10.8 Å². The number of anilines is 1. The summed E-state index contributed by atoms with van der Waals surface area (Å²) in [5.74, 6) is -0.129. The van der Waals surface area contributed by atoms with Crippen LogP contribution in [0.1, 0.15) is 44.4 Å². The van der Waals surface area contributed by atoms with E-state index in [9.17, 15) is 14.6 Å². The molecule has 182 valence electrons. The van der Waals surface area contributed by atoms with Crippen molar-refractivity contribution in [3.8, 4) is 6.07 Å². The molecule has 3 N–H and O–H groups in total.